The molecule has 0 aliphatic heterocycles. The van der Waals surface area contributed by atoms with Gasteiger partial charge in [-0.1, -0.05) is 39.8 Å². The molecule has 0 aliphatic carbocycles. The number of ether oxygens (including phenoxy) is 1. The number of carbonyl (C=O) groups is 1. The fourth-order valence-corrected chi connectivity index (χ4v) is 3.28. The zero-order chi connectivity index (χ0) is 16.8. The van der Waals surface area contributed by atoms with Crippen molar-refractivity contribution < 1.29 is 9.53 Å². The summed E-state index contributed by atoms with van der Waals surface area (Å²) in [6.45, 7) is 2.21. The van der Waals surface area contributed by atoms with E-state index in [1.54, 1.807) is 19.2 Å². The number of halogens is 1. The number of nitrogens with zero attached hydrogens (tertiary/aromatic N) is 2. The summed E-state index contributed by atoms with van der Waals surface area (Å²) >= 11 is 4.63. The summed E-state index contributed by atoms with van der Waals surface area (Å²) in [4.78, 5) is 16.6. The van der Waals surface area contributed by atoms with E-state index in [4.69, 9.17) is 4.74 Å². The second-order valence-corrected chi connectivity index (χ2v) is 6.75. The monoisotopic (exact) mass is 390 g/mol. The lowest BCUT2D eigenvalue weighted by molar-refractivity contribution is 0.102. The number of thioether (sulfide) groups is 1. The third-order valence-electron chi connectivity index (χ3n) is 3.11. The Morgan fingerprint density at radius 2 is 2.09 bits per heavy atom. The minimum Gasteiger partial charge on any atom is -0.380 e. The van der Waals surface area contributed by atoms with Crippen LogP contribution in [0.3, 0.4) is 0 Å². The molecule has 0 atom stereocenters. The van der Waals surface area contributed by atoms with Crippen molar-refractivity contribution in [1.82, 2.24) is 4.98 Å². The van der Waals surface area contributed by atoms with Crippen LogP contribution in [0, 0.1) is 18.3 Å². The number of carbonyl (C=O) groups excluding carboxylic acids is 1. The van der Waals surface area contributed by atoms with Crippen LogP contribution in [0.2, 0.25) is 0 Å². The van der Waals surface area contributed by atoms with Crippen LogP contribution in [0.1, 0.15) is 27.2 Å². The number of Topliss-reactive ketones (excluding diaryl/α,β-unsaturated/α-hetero) is 1. The number of nitriles is 1. The quantitative estimate of drug-likeness (QED) is 0.547. The molecule has 0 aliphatic rings. The normalized spacial score (nSPS) is 10.3. The topological polar surface area (TPSA) is 63.0 Å². The highest BCUT2D eigenvalue weighted by Crippen LogP contribution is 2.25. The average Bonchev–Trinajstić information content (AvgIpc) is 2.53. The van der Waals surface area contributed by atoms with E-state index in [-0.39, 0.29) is 11.5 Å². The van der Waals surface area contributed by atoms with Gasteiger partial charge in [0.1, 0.15) is 11.1 Å². The van der Waals surface area contributed by atoms with Crippen LogP contribution < -0.4 is 0 Å². The molecule has 2 aromatic rings. The summed E-state index contributed by atoms with van der Waals surface area (Å²) in [6, 6.07) is 11.2. The van der Waals surface area contributed by atoms with Crippen molar-refractivity contribution >= 4 is 33.5 Å². The molecule has 0 bridgehead atoms. The number of methoxy groups -OCH3 is 1. The van der Waals surface area contributed by atoms with Crippen molar-refractivity contribution in [2.24, 2.45) is 0 Å². The molecule has 1 heterocycles. The lowest BCUT2D eigenvalue weighted by Crippen LogP contribution is -2.05. The first kappa shape index (κ1) is 17.7. The number of rotatable bonds is 6. The maximum absolute atomic E-state index is 12.3. The Hall–Kier alpha value is -1.68. The van der Waals surface area contributed by atoms with Crippen LogP contribution in [-0.2, 0) is 11.3 Å². The van der Waals surface area contributed by atoms with E-state index in [0.29, 0.717) is 22.8 Å². The molecule has 1 aromatic heterocycles. The van der Waals surface area contributed by atoms with E-state index in [1.807, 2.05) is 25.1 Å². The average molecular weight is 391 g/mol. The smallest absolute Gasteiger partial charge is 0.173 e. The third-order valence-corrected chi connectivity index (χ3v) is 4.62. The Kier molecular flexibility index (Phi) is 6.34. The molecule has 0 saturated heterocycles. The molecular formula is C17H15BrN2O2S. The number of benzene rings is 1. The van der Waals surface area contributed by atoms with E-state index >= 15 is 0 Å². The molecule has 2 rings (SSSR count). The molecule has 0 saturated carbocycles. The summed E-state index contributed by atoms with van der Waals surface area (Å²) < 4.78 is 6.06. The van der Waals surface area contributed by atoms with Gasteiger partial charge >= 0.3 is 0 Å². The SMILES string of the molecule is COCc1cc(C)nc(SCC(=O)c2ccc(Br)cc2)c1C#N. The van der Waals surface area contributed by atoms with E-state index in [2.05, 4.69) is 27.0 Å². The Labute approximate surface area is 148 Å². The first-order valence-corrected chi connectivity index (χ1v) is 8.64. The summed E-state index contributed by atoms with van der Waals surface area (Å²) in [6.07, 6.45) is 0. The number of pyridine rings is 1. The summed E-state index contributed by atoms with van der Waals surface area (Å²) in [5.41, 5.74) is 2.71. The molecular weight excluding hydrogens is 376 g/mol. The Bertz CT molecular complexity index is 754. The largest absolute Gasteiger partial charge is 0.380 e. The molecule has 0 unspecified atom stereocenters. The van der Waals surface area contributed by atoms with Crippen LogP contribution in [-0.4, -0.2) is 23.6 Å². The summed E-state index contributed by atoms with van der Waals surface area (Å²) in [5, 5.41) is 9.95. The van der Waals surface area contributed by atoms with Gasteiger partial charge in [-0.15, -0.1) is 0 Å². The first-order chi connectivity index (χ1) is 11.0. The van der Waals surface area contributed by atoms with Crippen molar-refractivity contribution in [2.45, 2.75) is 18.6 Å². The van der Waals surface area contributed by atoms with Crippen LogP contribution in [0.25, 0.3) is 0 Å². The van der Waals surface area contributed by atoms with Gasteiger partial charge in [0, 0.05) is 22.8 Å². The molecule has 23 heavy (non-hydrogen) atoms. The van der Waals surface area contributed by atoms with Crippen LogP contribution >= 0.6 is 27.7 Å². The van der Waals surface area contributed by atoms with Crippen LogP contribution in [0.15, 0.2) is 39.8 Å². The van der Waals surface area contributed by atoms with Gasteiger partial charge in [-0.2, -0.15) is 5.26 Å². The van der Waals surface area contributed by atoms with Crippen LogP contribution in [0.5, 0.6) is 0 Å². The zero-order valence-corrected chi connectivity index (χ0v) is 15.2. The number of aromatic nitrogens is 1. The third kappa shape index (κ3) is 4.64. The van der Waals surface area contributed by atoms with Gasteiger partial charge < -0.3 is 4.74 Å². The predicted octanol–water partition coefficient (Wildman–Crippen LogP) is 4.15. The van der Waals surface area contributed by atoms with Crippen molar-refractivity contribution in [3.05, 3.63) is 57.2 Å². The van der Waals surface area contributed by atoms with E-state index in [9.17, 15) is 10.1 Å². The van der Waals surface area contributed by atoms with Crippen molar-refractivity contribution in [1.29, 1.82) is 5.26 Å². The standard InChI is InChI=1S/C17H15BrN2O2S/c1-11-7-13(9-22-2)15(8-19)17(20-11)23-10-16(21)12-3-5-14(18)6-4-12/h3-7H,9-10H2,1-2H3. The van der Waals surface area contributed by atoms with E-state index in [1.165, 1.54) is 11.8 Å². The number of ketones is 1. The van der Waals surface area contributed by atoms with E-state index < -0.39 is 0 Å². The summed E-state index contributed by atoms with van der Waals surface area (Å²) in [5.74, 6) is 0.238. The highest BCUT2D eigenvalue weighted by Gasteiger charge is 2.14. The van der Waals surface area contributed by atoms with Gasteiger partial charge in [0.2, 0.25) is 0 Å². The minimum absolute atomic E-state index is 0.00277. The second kappa shape index (κ2) is 8.25. The lowest BCUT2D eigenvalue weighted by Gasteiger charge is -2.09. The molecule has 0 radical (unpaired) electrons. The molecule has 6 heteroatoms. The maximum atomic E-state index is 12.3. The molecule has 4 nitrogen and oxygen atoms in total. The van der Waals surface area contributed by atoms with Gasteiger partial charge in [-0.25, -0.2) is 4.98 Å². The molecule has 118 valence electrons. The maximum Gasteiger partial charge on any atom is 0.173 e. The Balaban J connectivity index is 2.18. The Morgan fingerprint density at radius 3 is 2.70 bits per heavy atom. The molecule has 0 N–H and O–H groups in total. The van der Waals surface area contributed by atoms with Crippen LogP contribution in [0.4, 0.5) is 0 Å². The second-order valence-electron chi connectivity index (χ2n) is 4.87. The van der Waals surface area contributed by atoms with Gasteiger partial charge in [0.05, 0.1) is 17.9 Å². The van der Waals surface area contributed by atoms with Gasteiger partial charge in [0.15, 0.2) is 5.78 Å². The predicted molar refractivity (Wildman–Crippen MR) is 93.6 cm³/mol. The number of hydrogen-bond donors (Lipinski definition) is 0. The fraction of sp³-hybridized carbons (Fsp3) is 0.235. The molecule has 0 fully saturated rings. The zero-order valence-electron chi connectivity index (χ0n) is 12.8. The Morgan fingerprint density at radius 1 is 1.39 bits per heavy atom. The lowest BCUT2D eigenvalue weighted by atomic mass is 10.1. The molecule has 0 spiro atoms. The summed E-state index contributed by atoms with van der Waals surface area (Å²) in [7, 11) is 1.58. The highest BCUT2D eigenvalue weighted by atomic mass is 79.9. The van der Waals surface area contributed by atoms with Crippen molar-refractivity contribution in [3.8, 4) is 6.07 Å². The molecule has 1 aromatic carbocycles. The molecule has 0 amide bonds. The van der Waals surface area contributed by atoms with Gasteiger partial charge in [-0.3, -0.25) is 4.79 Å². The van der Waals surface area contributed by atoms with Crippen molar-refractivity contribution in [2.75, 3.05) is 12.9 Å². The number of hydrogen-bond acceptors (Lipinski definition) is 5. The van der Waals surface area contributed by atoms with Gasteiger partial charge in [-0.05, 0) is 30.7 Å². The minimum atomic E-state index is 0.00277. The van der Waals surface area contributed by atoms with Gasteiger partial charge in [0.25, 0.3) is 0 Å². The fourth-order valence-electron chi connectivity index (χ4n) is 2.06. The van der Waals surface area contributed by atoms with Crippen molar-refractivity contribution in [3.63, 3.8) is 0 Å². The number of aryl methyl sites for hydroxylation is 1. The highest BCUT2D eigenvalue weighted by molar-refractivity contribution is 9.10. The van der Waals surface area contributed by atoms with E-state index in [0.717, 1.165) is 15.7 Å². The first-order valence-electron chi connectivity index (χ1n) is 6.86.